The molecule has 6 amide bonds. The Morgan fingerprint density at radius 3 is 2.38 bits per heavy atom. The average Bonchev–Trinajstić information content (AvgIpc) is 3.97. The summed E-state index contributed by atoms with van der Waals surface area (Å²) in [6, 6.07) is 14.3. The van der Waals surface area contributed by atoms with Gasteiger partial charge in [0.1, 0.15) is 13.2 Å². The number of aliphatic imine (C=N–C) groups is 1. The highest BCUT2D eigenvalue weighted by Gasteiger charge is 2.44. The third kappa shape index (κ3) is 13.9. The van der Waals surface area contributed by atoms with Crippen molar-refractivity contribution in [3.05, 3.63) is 75.7 Å². The van der Waals surface area contributed by atoms with Gasteiger partial charge in [-0.1, -0.05) is 24.8 Å². The normalized spacial score (nSPS) is 15.8. The number of likely N-dealkylation sites (tertiary alicyclic amines) is 2. The lowest BCUT2D eigenvalue weighted by atomic mass is 9.77. The molecule has 4 aliphatic rings. The van der Waals surface area contributed by atoms with Crippen LogP contribution in [0, 0.1) is 5.41 Å². The van der Waals surface area contributed by atoms with E-state index in [1.807, 2.05) is 29.2 Å². The number of likely N-dealkylation sites (N-methyl/N-ethyl adjacent to an activating group) is 3. The summed E-state index contributed by atoms with van der Waals surface area (Å²) in [5.41, 5.74) is 3.95. The molecule has 7 rings (SSSR count). The molecule has 2 N–H and O–H groups in total. The van der Waals surface area contributed by atoms with Gasteiger partial charge in [-0.2, -0.15) is 0 Å². The van der Waals surface area contributed by atoms with E-state index < -0.39 is 24.4 Å². The number of anilines is 1. The Labute approximate surface area is 418 Å². The van der Waals surface area contributed by atoms with Crippen molar-refractivity contribution in [1.29, 1.82) is 0 Å². The van der Waals surface area contributed by atoms with Crippen molar-refractivity contribution in [1.82, 2.24) is 29.8 Å². The standard InChI is InChI=1S/C51H64N8O13/c1-35-37(27-41-40-29-44-43(70-34-71-44)28-38(40)13-16-52-41)9-12-42(66-5)46(35)72-50(65)56(3)21-17-53-47(62)67-25-6-18-59-32-51(30-45(59)61)14-19-58(20-15-51)24-26-68-48(63)54-39-10-7-36(8-11-39)31-69-49(64)57(4)23-22-55(2)33-60/h7-12,27-29,33H,1,6,13-26,30-32,34H2,2-5H3,(H,53,62)(H,54,63)/b37-27-. The monoisotopic (exact) mass is 996 g/mol. The second kappa shape index (κ2) is 24.5. The minimum absolute atomic E-state index is 0.0543. The minimum atomic E-state index is -0.672. The fourth-order valence-corrected chi connectivity index (χ4v) is 8.75. The van der Waals surface area contributed by atoms with Crippen LogP contribution in [0.2, 0.25) is 0 Å². The minimum Gasteiger partial charge on any atom is -0.493 e. The smallest absolute Gasteiger partial charge is 0.415 e. The molecule has 4 aliphatic heterocycles. The summed E-state index contributed by atoms with van der Waals surface area (Å²) in [5.74, 6) is 1.97. The van der Waals surface area contributed by atoms with Gasteiger partial charge in [0.2, 0.25) is 19.1 Å². The summed E-state index contributed by atoms with van der Waals surface area (Å²) in [6.07, 6.45) is 3.60. The summed E-state index contributed by atoms with van der Waals surface area (Å²) in [6.45, 7) is 9.57. The maximum Gasteiger partial charge on any atom is 0.415 e. The first kappa shape index (κ1) is 52.3. The summed E-state index contributed by atoms with van der Waals surface area (Å²) in [4.78, 5) is 87.2. The maximum absolute atomic E-state index is 13.2. The van der Waals surface area contributed by atoms with E-state index in [4.69, 9.17) is 38.2 Å². The van der Waals surface area contributed by atoms with E-state index in [9.17, 15) is 28.8 Å². The number of methoxy groups -OCH3 is 1. The van der Waals surface area contributed by atoms with Gasteiger partial charge in [-0.15, -0.1) is 0 Å². The first-order valence-corrected chi connectivity index (χ1v) is 24.0. The zero-order valence-electron chi connectivity index (χ0n) is 41.4. The number of fused-ring (bicyclic) bond motifs is 2. The predicted molar refractivity (Wildman–Crippen MR) is 265 cm³/mol. The largest absolute Gasteiger partial charge is 0.493 e. The average molecular weight is 997 g/mol. The van der Waals surface area contributed by atoms with Gasteiger partial charge in [-0.05, 0) is 96.9 Å². The number of hydrogen-bond acceptors (Lipinski definition) is 15. The molecule has 1 spiro atoms. The van der Waals surface area contributed by atoms with E-state index in [2.05, 4.69) is 22.1 Å². The van der Waals surface area contributed by atoms with Crippen molar-refractivity contribution in [3.63, 3.8) is 0 Å². The van der Waals surface area contributed by atoms with Gasteiger partial charge in [0.15, 0.2) is 23.0 Å². The highest BCUT2D eigenvalue weighted by molar-refractivity contribution is 6.22. The lowest BCUT2D eigenvalue weighted by Crippen LogP contribution is -2.43. The fraction of sp³-hybridized carbons (Fsp3) is 0.471. The van der Waals surface area contributed by atoms with E-state index in [1.165, 1.54) is 21.8 Å². The van der Waals surface area contributed by atoms with Crippen LogP contribution in [0.15, 0.2) is 53.5 Å². The molecule has 0 bridgehead atoms. The first-order valence-electron chi connectivity index (χ1n) is 24.0. The van der Waals surface area contributed by atoms with Crippen LogP contribution in [0.5, 0.6) is 23.0 Å². The van der Waals surface area contributed by atoms with Crippen molar-refractivity contribution in [2.24, 2.45) is 10.4 Å². The molecular weight excluding hydrogens is 933 g/mol. The Hall–Kier alpha value is -7.55. The molecule has 3 aromatic carbocycles. The summed E-state index contributed by atoms with van der Waals surface area (Å²) in [5, 5.41) is 6.51. The van der Waals surface area contributed by atoms with Crippen molar-refractivity contribution in [2.45, 2.75) is 38.7 Å². The number of carbonyl (C=O) groups excluding carboxylic acids is 6. The second-order valence-corrected chi connectivity index (χ2v) is 18.2. The summed E-state index contributed by atoms with van der Waals surface area (Å²) >= 11 is 0. The van der Waals surface area contributed by atoms with Crippen molar-refractivity contribution in [2.75, 3.05) is 119 Å². The van der Waals surface area contributed by atoms with E-state index in [0.717, 1.165) is 60.5 Å². The van der Waals surface area contributed by atoms with Crippen LogP contribution in [0.1, 0.15) is 42.4 Å². The number of benzene rings is 3. The molecule has 21 nitrogen and oxygen atoms in total. The number of nitrogens with zero attached hydrogens (tertiary/aromatic N) is 6. The highest BCUT2D eigenvalue weighted by atomic mass is 16.7. The third-order valence-electron chi connectivity index (χ3n) is 13.1. The van der Waals surface area contributed by atoms with Crippen LogP contribution >= 0.6 is 0 Å². The van der Waals surface area contributed by atoms with E-state index >= 15 is 0 Å². The molecular formula is C51H64N8O13. The van der Waals surface area contributed by atoms with E-state index in [-0.39, 0.29) is 56.8 Å². The van der Waals surface area contributed by atoms with Gasteiger partial charge < -0.3 is 58.1 Å². The van der Waals surface area contributed by atoms with Gasteiger partial charge in [-0.3, -0.25) is 24.8 Å². The van der Waals surface area contributed by atoms with Crippen molar-refractivity contribution in [3.8, 4) is 23.0 Å². The molecule has 3 aromatic rings. The quantitative estimate of drug-likeness (QED) is 0.0942. The Bertz CT molecular complexity index is 2600. The molecule has 0 saturated carbocycles. The molecule has 0 radical (unpaired) electrons. The fourth-order valence-electron chi connectivity index (χ4n) is 8.75. The lowest BCUT2D eigenvalue weighted by Gasteiger charge is -2.38. The Balaban J connectivity index is 0.749. The van der Waals surface area contributed by atoms with Gasteiger partial charge in [0, 0.05) is 96.4 Å². The number of alkyl carbamates (subject to hydrolysis) is 1. The molecule has 0 unspecified atom stereocenters. The van der Waals surface area contributed by atoms with Crippen molar-refractivity contribution < 1.29 is 61.9 Å². The predicted octanol–water partition coefficient (Wildman–Crippen LogP) is 3.43. The molecule has 21 heteroatoms. The van der Waals surface area contributed by atoms with Crippen LogP contribution in [0.3, 0.4) is 0 Å². The molecule has 4 heterocycles. The Morgan fingerprint density at radius 1 is 0.889 bits per heavy atom. The summed E-state index contributed by atoms with van der Waals surface area (Å²) < 4.78 is 38.6. The van der Waals surface area contributed by atoms with Crippen LogP contribution in [0.4, 0.5) is 24.9 Å². The topological polar surface area (TPSA) is 220 Å². The number of ether oxygens (including phenoxy) is 7. The van der Waals surface area contributed by atoms with Crippen LogP contribution in [0.25, 0.3) is 12.7 Å². The third-order valence-corrected chi connectivity index (χ3v) is 13.1. The van der Waals surface area contributed by atoms with Crippen LogP contribution in [-0.2, 0) is 36.8 Å². The van der Waals surface area contributed by atoms with E-state index in [0.29, 0.717) is 86.1 Å². The molecule has 2 saturated heterocycles. The molecule has 72 heavy (non-hydrogen) atoms. The number of carbonyl (C=O) groups is 6. The van der Waals surface area contributed by atoms with E-state index in [1.54, 1.807) is 51.5 Å². The summed E-state index contributed by atoms with van der Waals surface area (Å²) in [7, 11) is 6.25. The molecule has 0 aromatic heterocycles. The number of piperidine rings is 1. The molecule has 0 atom stereocenters. The van der Waals surface area contributed by atoms with Crippen molar-refractivity contribution >= 4 is 60.7 Å². The molecule has 2 fully saturated rings. The zero-order chi connectivity index (χ0) is 51.2. The number of rotatable bonds is 20. The molecule has 0 aliphatic carbocycles. The Morgan fingerprint density at radius 2 is 1.62 bits per heavy atom. The van der Waals surface area contributed by atoms with Gasteiger partial charge in [-0.25, -0.2) is 19.2 Å². The number of amides is 6. The molecule has 386 valence electrons. The first-order chi connectivity index (χ1) is 34.7. The zero-order valence-corrected chi connectivity index (χ0v) is 41.4. The van der Waals surface area contributed by atoms with Crippen LogP contribution in [-0.4, -0.2) is 181 Å². The van der Waals surface area contributed by atoms with Gasteiger partial charge >= 0.3 is 24.4 Å². The maximum atomic E-state index is 13.2. The lowest BCUT2D eigenvalue weighted by molar-refractivity contribution is -0.128. The van der Waals surface area contributed by atoms with Gasteiger partial charge in [0.25, 0.3) is 0 Å². The highest BCUT2D eigenvalue weighted by Crippen LogP contribution is 2.41. The Kier molecular flexibility index (Phi) is 17.8. The SMILES string of the molecule is C=c1c(OC(=O)N(C)CCNC(=O)OCCCN2CC3(CCN(CCOC(=O)Nc4ccc(COC(=O)N(C)CCN(C)C=O)cc4)CC3)CC2=O)c(OC)cc/c1=C/C1=NCCc2cc3c(cc21)OCO3. The van der Waals surface area contributed by atoms with Crippen LogP contribution < -0.4 is 40.0 Å². The number of hydrogen-bond donors (Lipinski definition) is 2. The van der Waals surface area contributed by atoms with Gasteiger partial charge in [0.05, 0.1) is 19.4 Å². The number of nitrogens with one attached hydrogen (secondary N) is 2. The second-order valence-electron chi connectivity index (χ2n) is 18.2.